The van der Waals surface area contributed by atoms with Gasteiger partial charge >= 0.3 is 0 Å². The van der Waals surface area contributed by atoms with Crippen LogP contribution in [0.3, 0.4) is 0 Å². The van der Waals surface area contributed by atoms with Gasteiger partial charge in [0.2, 0.25) is 0 Å². The Morgan fingerprint density at radius 3 is 2.50 bits per heavy atom. The summed E-state index contributed by atoms with van der Waals surface area (Å²) in [6.07, 6.45) is 7.61. The first-order valence-corrected chi connectivity index (χ1v) is 12.1. The van der Waals surface area contributed by atoms with Gasteiger partial charge in [0.25, 0.3) is 0 Å². The smallest absolute Gasteiger partial charge is 0.125 e. The summed E-state index contributed by atoms with van der Waals surface area (Å²) in [5, 5.41) is 4.29. The van der Waals surface area contributed by atoms with E-state index >= 15 is 0 Å². The van der Waals surface area contributed by atoms with Crippen molar-refractivity contribution in [2.45, 2.75) is 46.1 Å². The van der Waals surface area contributed by atoms with Gasteiger partial charge in [0, 0.05) is 34.7 Å². The Balaban J connectivity index is 0.00000119. The lowest BCUT2D eigenvalue weighted by Crippen LogP contribution is -2.48. The lowest BCUT2D eigenvalue weighted by molar-refractivity contribution is 0.0829. The standard InChI is InChI=1S/C24H27ClN4O.C2H6/c1-15-10-18-12-22(20(18)11-15)27-14-30-29-23-13-21(16-2-4-19(25)5-3-16)28-24(23)17-6-8-26-9-7-17;1-2/h2-9,13,15,18,20,22,27-29H,10-12,14H2,1H3;1-2H3. The Kier molecular flexibility index (Phi) is 7.51. The summed E-state index contributed by atoms with van der Waals surface area (Å²) in [7, 11) is 0. The van der Waals surface area contributed by atoms with E-state index in [4.69, 9.17) is 16.4 Å². The van der Waals surface area contributed by atoms with Crippen molar-refractivity contribution in [2.75, 3.05) is 12.2 Å². The van der Waals surface area contributed by atoms with E-state index in [-0.39, 0.29) is 0 Å². The summed E-state index contributed by atoms with van der Waals surface area (Å²) in [5.74, 6) is 2.63. The number of hydrogen-bond donors (Lipinski definition) is 3. The van der Waals surface area contributed by atoms with Gasteiger partial charge in [-0.05, 0) is 72.9 Å². The maximum absolute atomic E-state index is 6.04. The molecule has 6 heteroatoms. The van der Waals surface area contributed by atoms with Crippen molar-refractivity contribution in [3.05, 3.63) is 59.9 Å². The van der Waals surface area contributed by atoms with Crippen LogP contribution in [0.25, 0.3) is 22.5 Å². The molecule has 2 fully saturated rings. The largest absolute Gasteiger partial charge is 0.353 e. The molecule has 5 rings (SSSR count). The fraction of sp³-hybridized carbons (Fsp3) is 0.423. The van der Waals surface area contributed by atoms with Gasteiger partial charge in [0.1, 0.15) is 6.73 Å². The molecule has 0 spiro atoms. The Hall–Kier alpha value is -2.34. The van der Waals surface area contributed by atoms with Crippen molar-refractivity contribution in [3.63, 3.8) is 0 Å². The van der Waals surface area contributed by atoms with Gasteiger partial charge in [-0.3, -0.25) is 20.6 Å². The second-order valence-corrected chi connectivity index (χ2v) is 9.09. The van der Waals surface area contributed by atoms with Gasteiger partial charge in [-0.1, -0.05) is 44.5 Å². The van der Waals surface area contributed by atoms with E-state index in [0.29, 0.717) is 12.8 Å². The lowest BCUT2D eigenvalue weighted by Gasteiger charge is -2.41. The maximum atomic E-state index is 6.04. The van der Waals surface area contributed by atoms with E-state index in [9.17, 15) is 0 Å². The van der Waals surface area contributed by atoms with Crippen LogP contribution in [0, 0.1) is 17.8 Å². The third-order valence-corrected chi connectivity index (χ3v) is 6.85. The average molecular weight is 453 g/mol. The quantitative estimate of drug-likeness (QED) is 0.211. The van der Waals surface area contributed by atoms with Crippen molar-refractivity contribution in [1.29, 1.82) is 0 Å². The van der Waals surface area contributed by atoms with Crippen molar-refractivity contribution < 1.29 is 4.84 Å². The predicted molar refractivity (Wildman–Crippen MR) is 132 cm³/mol. The van der Waals surface area contributed by atoms with E-state index in [1.807, 2.05) is 50.2 Å². The van der Waals surface area contributed by atoms with Crippen LogP contribution in [0.5, 0.6) is 0 Å². The van der Waals surface area contributed by atoms with Gasteiger partial charge in [0.15, 0.2) is 0 Å². The molecule has 0 saturated heterocycles. The first-order chi connectivity index (χ1) is 15.7. The highest BCUT2D eigenvalue weighted by Gasteiger charge is 2.45. The van der Waals surface area contributed by atoms with Gasteiger partial charge in [0.05, 0.1) is 11.4 Å². The molecular formula is C26H33ClN4O. The SMILES string of the molecule is CC.CC1CC2CC(NCONc3cc(-c4ccc(Cl)cc4)[nH]c3-c3ccncc3)C2C1. The molecule has 0 bridgehead atoms. The molecule has 2 heterocycles. The van der Waals surface area contributed by atoms with Crippen LogP contribution in [0.2, 0.25) is 5.02 Å². The van der Waals surface area contributed by atoms with Gasteiger partial charge in [-0.2, -0.15) is 0 Å². The number of aromatic amines is 1. The zero-order valence-corrected chi connectivity index (χ0v) is 19.8. The second kappa shape index (κ2) is 10.5. The summed E-state index contributed by atoms with van der Waals surface area (Å²) in [6, 6.07) is 14.4. The van der Waals surface area contributed by atoms with Crippen LogP contribution in [-0.2, 0) is 4.84 Å². The molecule has 3 aromatic rings. The molecule has 4 atom stereocenters. The van der Waals surface area contributed by atoms with E-state index in [0.717, 1.165) is 51.0 Å². The number of aromatic nitrogens is 2. The molecule has 32 heavy (non-hydrogen) atoms. The number of H-pyrrole nitrogens is 1. The number of nitrogens with one attached hydrogen (secondary N) is 3. The Bertz CT molecular complexity index is 989. The molecule has 0 radical (unpaired) electrons. The molecule has 5 nitrogen and oxygen atoms in total. The molecule has 0 amide bonds. The molecule has 2 aromatic heterocycles. The third-order valence-electron chi connectivity index (χ3n) is 6.60. The molecule has 170 valence electrons. The molecule has 1 aromatic carbocycles. The topological polar surface area (TPSA) is 62.0 Å². The molecule has 2 saturated carbocycles. The molecule has 0 aliphatic heterocycles. The maximum Gasteiger partial charge on any atom is 0.125 e. The molecular weight excluding hydrogens is 420 g/mol. The minimum absolute atomic E-state index is 0.486. The summed E-state index contributed by atoms with van der Waals surface area (Å²) >= 11 is 6.04. The molecule has 4 unspecified atom stereocenters. The van der Waals surface area contributed by atoms with Gasteiger partial charge < -0.3 is 4.98 Å². The molecule has 2 aliphatic rings. The fourth-order valence-corrected chi connectivity index (χ4v) is 5.20. The minimum atomic E-state index is 0.486. The monoisotopic (exact) mass is 452 g/mol. The number of halogens is 1. The van der Waals surface area contributed by atoms with Gasteiger partial charge in [-0.25, -0.2) is 0 Å². The fourth-order valence-electron chi connectivity index (χ4n) is 5.08. The van der Waals surface area contributed by atoms with Crippen molar-refractivity contribution in [1.82, 2.24) is 15.3 Å². The van der Waals surface area contributed by atoms with E-state index in [1.54, 1.807) is 12.4 Å². The van der Waals surface area contributed by atoms with Crippen LogP contribution >= 0.6 is 11.6 Å². The highest BCUT2D eigenvalue weighted by Crippen LogP contribution is 2.49. The second-order valence-electron chi connectivity index (χ2n) is 8.65. The van der Waals surface area contributed by atoms with Crippen molar-refractivity contribution in [3.8, 4) is 22.5 Å². The van der Waals surface area contributed by atoms with E-state index in [1.165, 1.54) is 19.3 Å². The van der Waals surface area contributed by atoms with E-state index in [2.05, 4.69) is 33.8 Å². The van der Waals surface area contributed by atoms with E-state index < -0.39 is 0 Å². The number of rotatable bonds is 7. The first kappa shape index (κ1) is 22.8. The van der Waals surface area contributed by atoms with Crippen LogP contribution in [0.15, 0.2) is 54.9 Å². The van der Waals surface area contributed by atoms with Crippen LogP contribution in [0.4, 0.5) is 5.69 Å². The number of anilines is 1. The summed E-state index contributed by atoms with van der Waals surface area (Å²) in [4.78, 5) is 13.4. The number of hydrogen-bond acceptors (Lipinski definition) is 4. The zero-order valence-electron chi connectivity index (χ0n) is 19.1. The van der Waals surface area contributed by atoms with Crippen molar-refractivity contribution >= 4 is 17.3 Å². The Labute approximate surface area is 195 Å². The summed E-state index contributed by atoms with van der Waals surface area (Å²) in [5.41, 5.74) is 8.12. The minimum Gasteiger partial charge on any atom is -0.353 e. The lowest BCUT2D eigenvalue weighted by atomic mass is 9.72. The average Bonchev–Trinajstić information content (AvgIpc) is 3.37. The Morgan fingerprint density at radius 1 is 1.03 bits per heavy atom. The normalized spacial score (nSPS) is 23.6. The number of nitrogens with zero attached hydrogens (tertiary/aromatic N) is 1. The van der Waals surface area contributed by atoms with Crippen molar-refractivity contribution in [2.24, 2.45) is 17.8 Å². The zero-order chi connectivity index (χ0) is 22.5. The summed E-state index contributed by atoms with van der Waals surface area (Å²) in [6.45, 7) is 6.86. The van der Waals surface area contributed by atoms with Crippen LogP contribution < -0.4 is 10.8 Å². The number of fused-ring (bicyclic) bond motifs is 1. The summed E-state index contributed by atoms with van der Waals surface area (Å²) < 4.78 is 0. The van der Waals surface area contributed by atoms with Gasteiger partial charge in [-0.15, -0.1) is 0 Å². The van der Waals surface area contributed by atoms with Crippen LogP contribution in [0.1, 0.15) is 40.0 Å². The molecule has 2 aliphatic carbocycles. The highest BCUT2D eigenvalue weighted by atomic mass is 35.5. The number of pyridine rings is 1. The first-order valence-electron chi connectivity index (χ1n) is 11.7. The third kappa shape index (κ3) is 5.01. The molecule has 3 N–H and O–H groups in total. The number of benzene rings is 1. The van der Waals surface area contributed by atoms with Crippen LogP contribution in [-0.4, -0.2) is 22.7 Å². The Morgan fingerprint density at radius 2 is 1.78 bits per heavy atom. The highest BCUT2D eigenvalue weighted by molar-refractivity contribution is 6.30. The predicted octanol–water partition coefficient (Wildman–Crippen LogP) is 6.75.